The zero-order chi connectivity index (χ0) is 19.1. The third kappa shape index (κ3) is 4.99. The lowest BCUT2D eigenvalue weighted by atomic mass is 10.0. The van der Waals surface area contributed by atoms with Gasteiger partial charge in [0.15, 0.2) is 6.10 Å². The molecule has 1 atom stereocenters. The molecule has 2 rings (SSSR count). The SMILES string of the molecule is CCCCC(Oc1ccc(-c2ccc(C(=N)N)c(Cl)c2)cc1)C(=O)OC. The van der Waals surface area contributed by atoms with E-state index in [0.29, 0.717) is 22.8 Å². The molecule has 3 N–H and O–H groups in total. The molecular weight excluding hydrogens is 352 g/mol. The van der Waals surface area contributed by atoms with Gasteiger partial charge in [-0.2, -0.15) is 0 Å². The first-order valence-electron chi connectivity index (χ1n) is 8.45. The number of unbranched alkanes of at least 4 members (excludes halogenated alkanes) is 1. The van der Waals surface area contributed by atoms with Crippen LogP contribution in [0.15, 0.2) is 42.5 Å². The molecule has 2 aromatic carbocycles. The molecule has 2 aromatic rings. The van der Waals surface area contributed by atoms with E-state index in [0.717, 1.165) is 24.0 Å². The summed E-state index contributed by atoms with van der Waals surface area (Å²) in [4.78, 5) is 11.8. The number of amidine groups is 1. The Balaban J connectivity index is 2.15. The van der Waals surface area contributed by atoms with Crippen molar-refractivity contribution >= 4 is 23.4 Å². The van der Waals surface area contributed by atoms with Crippen molar-refractivity contribution in [2.24, 2.45) is 5.73 Å². The Morgan fingerprint density at radius 2 is 1.85 bits per heavy atom. The zero-order valence-electron chi connectivity index (χ0n) is 14.9. The number of ether oxygens (including phenoxy) is 2. The predicted molar refractivity (Wildman–Crippen MR) is 104 cm³/mol. The summed E-state index contributed by atoms with van der Waals surface area (Å²) in [6, 6.07) is 12.8. The van der Waals surface area contributed by atoms with E-state index >= 15 is 0 Å². The molecule has 0 saturated heterocycles. The van der Waals surface area contributed by atoms with Crippen molar-refractivity contribution in [3.05, 3.63) is 53.1 Å². The maximum atomic E-state index is 11.8. The Morgan fingerprint density at radius 3 is 2.38 bits per heavy atom. The molecule has 0 aliphatic heterocycles. The summed E-state index contributed by atoms with van der Waals surface area (Å²) in [5.41, 5.74) is 7.84. The summed E-state index contributed by atoms with van der Waals surface area (Å²) in [5, 5.41) is 7.91. The van der Waals surface area contributed by atoms with Crippen LogP contribution >= 0.6 is 11.6 Å². The van der Waals surface area contributed by atoms with Gasteiger partial charge in [0.25, 0.3) is 0 Å². The monoisotopic (exact) mass is 374 g/mol. The zero-order valence-corrected chi connectivity index (χ0v) is 15.7. The molecule has 1 unspecified atom stereocenters. The van der Waals surface area contributed by atoms with Gasteiger partial charge in [0.2, 0.25) is 0 Å². The van der Waals surface area contributed by atoms with Gasteiger partial charge in [0, 0.05) is 5.56 Å². The van der Waals surface area contributed by atoms with Gasteiger partial charge >= 0.3 is 5.97 Å². The normalized spacial score (nSPS) is 11.7. The van der Waals surface area contributed by atoms with Crippen molar-refractivity contribution in [3.8, 4) is 16.9 Å². The fraction of sp³-hybridized carbons (Fsp3) is 0.300. The second-order valence-electron chi connectivity index (χ2n) is 5.90. The molecule has 0 saturated carbocycles. The first kappa shape index (κ1) is 19.8. The lowest BCUT2D eigenvalue weighted by Gasteiger charge is -2.17. The van der Waals surface area contributed by atoms with Crippen LogP contribution in [0.3, 0.4) is 0 Å². The number of nitrogen functional groups attached to an aromatic ring is 1. The van der Waals surface area contributed by atoms with Crippen molar-refractivity contribution in [3.63, 3.8) is 0 Å². The van der Waals surface area contributed by atoms with Gasteiger partial charge in [-0.05, 0) is 48.2 Å². The van der Waals surface area contributed by atoms with E-state index in [9.17, 15) is 4.79 Å². The molecule has 5 nitrogen and oxygen atoms in total. The highest BCUT2D eigenvalue weighted by Gasteiger charge is 2.20. The quantitative estimate of drug-likeness (QED) is 0.407. The summed E-state index contributed by atoms with van der Waals surface area (Å²) in [5.74, 6) is 0.173. The largest absolute Gasteiger partial charge is 0.479 e. The van der Waals surface area contributed by atoms with E-state index in [1.54, 1.807) is 12.1 Å². The molecule has 0 aliphatic carbocycles. The van der Waals surface area contributed by atoms with Crippen molar-refractivity contribution in [1.82, 2.24) is 0 Å². The smallest absolute Gasteiger partial charge is 0.347 e. The first-order chi connectivity index (χ1) is 12.5. The van der Waals surface area contributed by atoms with Crippen molar-refractivity contribution in [2.45, 2.75) is 32.3 Å². The summed E-state index contributed by atoms with van der Waals surface area (Å²) in [6.07, 6.45) is 1.88. The van der Waals surface area contributed by atoms with Crippen molar-refractivity contribution in [1.29, 1.82) is 5.41 Å². The van der Waals surface area contributed by atoms with Gasteiger partial charge in [-0.1, -0.05) is 43.1 Å². The number of rotatable bonds is 8. The Hall–Kier alpha value is -2.53. The van der Waals surface area contributed by atoms with Crippen molar-refractivity contribution in [2.75, 3.05) is 7.11 Å². The molecule has 138 valence electrons. The van der Waals surface area contributed by atoms with Gasteiger partial charge < -0.3 is 15.2 Å². The van der Waals surface area contributed by atoms with Gasteiger partial charge in [-0.15, -0.1) is 0 Å². The molecule has 0 aliphatic rings. The minimum Gasteiger partial charge on any atom is -0.479 e. The summed E-state index contributed by atoms with van der Waals surface area (Å²) >= 11 is 6.18. The second-order valence-corrected chi connectivity index (χ2v) is 6.31. The average molecular weight is 375 g/mol. The summed E-state index contributed by atoms with van der Waals surface area (Å²) < 4.78 is 10.6. The standard InChI is InChI=1S/C20H23ClN2O3/c1-3-4-5-18(20(24)25-2)26-15-9-6-13(7-10-15)14-8-11-16(19(22)23)17(21)12-14/h6-12,18H,3-5H2,1-2H3,(H3,22,23). The minimum atomic E-state index is -0.602. The third-order valence-electron chi connectivity index (χ3n) is 4.01. The molecule has 6 heteroatoms. The van der Waals surface area contributed by atoms with E-state index in [1.165, 1.54) is 7.11 Å². The van der Waals surface area contributed by atoms with Gasteiger partial charge in [0.1, 0.15) is 11.6 Å². The number of carbonyl (C=O) groups excluding carboxylic acids is 1. The highest BCUT2D eigenvalue weighted by molar-refractivity contribution is 6.34. The predicted octanol–water partition coefficient (Wildman–Crippen LogP) is 4.40. The molecule has 0 radical (unpaired) electrons. The van der Waals surface area contributed by atoms with Crippen LogP contribution < -0.4 is 10.5 Å². The number of esters is 1. The van der Waals surface area contributed by atoms with E-state index in [-0.39, 0.29) is 11.8 Å². The Bertz CT molecular complexity index is 775. The van der Waals surface area contributed by atoms with Crippen LogP contribution in [0.1, 0.15) is 31.7 Å². The number of benzene rings is 2. The minimum absolute atomic E-state index is 0.0637. The van der Waals surface area contributed by atoms with Crippen LogP contribution in [0.25, 0.3) is 11.1 Å². The number of hydrogen-bond acceptors (Lipinski definition) is 4. The molecule has 0 bridgehead atoms. The Kier molecular flexibility index (Phi) is 7.04. The molecule has 0 fully saturated rings. The molecule has 0 spiro atoms. The van der Waals surface area contributed by atoms with Crippen LogP contribution in [0.2, 0.25) is 5.02 Å². The topological polar surface area (TPSA) is 85.4 Å². The van der Waals surface area contributed by atoms with Gasteiger partial charge in [-0.3, -0.25) is 5.41 Å². The average Bonchev–Trinajstić information content (AvgIpc) is 2.64. The maximum absolute atomic E-state index is 11.8. The summed E-state index contributed by atoms with van der Waals surface area (Å²) in [7, 11) is 1.36. The Labute approximate surface area is 158 Å². The van der Waals surface area contributed by atoms with E-state index in [2.05, 4.69) is 6.92 Å². The number of halogens is 1. The third-order valence-corrected chi connectivity index (χ3v) is 4.32. The molecule has 0 amide bonds. The summed E-state index contributed by atoms with van der Waals surface area (Å²) in [6.45, 7) is 2.06. The van der Waals surface area contributed by atoms with Crippen molar-refractivity contribution < 1.29 is 14.3 Å². The number of nitrogens with two attached hydrogens (primary N) is 1. The fourth-order valence-corrected chi connectivity index (χ4v) is 2.83. The van der Waals surface area contributed by atoms with Gasteiger partial charge in [-0.25, -0.2) is 4.79 Å². The maximum Gasteiger partial charge on any atom is 0.347 e. The van der Waals surface area contributed by atoms with Crippen LogP contribution in [-0.4, -0.2) is 25.0 Å². The van der Waals surface area contributed by atoms with Crippen LogP contribution in [-0.2, 0) is 9.53 Å². The Morgan fingerprint density at radius 1 is 1.19 bits per heavy atom. The van der Waals surface area contributed by atoms with Gasteiger partial charge in [0.05, 0.1) is 12.1 Å². The fourth-order valence-electron chi connectivity index (χ4n) is 2.55. The highest BCUT2D eigenvalue weighted by atomic mass is 35.5. The lowest BCUT2D eigenvalue weighted by Crippen LogP contribution is -2.28. The van der Waals surface area contributed by atoms with E-state index in [4.69, 9.17) is 32.2 Å². The van der Waals surface area contributed by atoms with Crippen LogP contribution in [0.4, 0.5) is 0 Å². The molecule has 0 heterocycles. The number of nitrogens with one attached hydrogen (secondary N) is 1. The molecular formula is C20H23ClN2O3. The van der Waals surface area contributed by atoms with E-state index in [1.807, 2.05) is 30.3 Å². The first-order valence-corrected chi connectivity index (χ1v) is 8.83. The highest BCUT2D eigenvalue weighted by Crippen LogP contribution is 2.27. The number of methoxy groups -OCH3 is 1. The molecule has 26 heavy (non-hydrogen) atoms. The number of hydrogen-bond donors (Lipinski definition) is 2. The van der Waals surface area contributed by atoms with E-state index < -0.39 is 6.10 Å². The number of carbonyl (C=O) groups is 1. The molecule has 0 aromatic heterocycles. The lowest BCUT2D eigenvalue weighted by molar-refractivity contribution is -0.149. The second kappa shape index (κ2) is 9.25. The van der Waals surface area contributed by atoms with Crippen LogP contribution in [0, 0.1) is 5.41 Å². The van der Waals surface area contributed by atoms with Crippen LogP contribution in [0.5, 0.6) is 5.75 Å².